The molecule has 0 aromatic carbocycles. The van der Waals surface area contributed by atoms with Crippen molar-refractivity contribution in [3.63, 3.8) is 0 Å². The second kappa shape index (κ2) is 5.32. The molecule has 4 heteroatoms. The highest BCUT2D eigenvalue weighted by Gasteiger charge is 2.01. The average Bonchev–Trinajstić information content (AvgIpc) is 2.38. The van der Waals surface area contributed by atoms with Crippen LogP contribution in [0.4, 0.5) is 0 Å². The Labute approximate surface area is 94.8 Å². The fraction of sp³-hybridized carbons (Fsp3) is 0.250. The van der Waals surface area contributed by atoms with Gasteiger partial charge in [-0.3, -0.25) is 4.98 Å². The van der Waals surface area contributed by atoms with Crippen LogP contribution in [0.1, 0.15) is 12.6 Å². The summed E-state index contributed by atoms with van der Waals surface area (Å²) >= 11 is 0. The highest BCUT2D eigenvalue weighted by molar-refractivity contribution is 5.52. The molecule has 0 spiro atoms. The smallest absolute Gasteiger partial charge is 0.160 e. The van der Waals surface area contributed by atoms with E-state index in [1.807, 2.05) is 18.2 Å². The maximum Gasteiger partial charge on any atom is 0.160 e. The van der Waals surface area contributed by atoms with Gasteiger partial charge in [0.1, 0.15) is 0 Å². The third kappa shape index (κ3) is 2.61. The first-order valence-corrected chi connectivity index (χ1v) is 5.33. The average molecular weight is 214 g/mol. The minimum Gasteiger partial charge on any atom is -0.311 e. The first-order chi connectivity index (χ1) is 7.90. The van der Waals surface area contributed by atoms with Gasteiger partial charge < -0.3 is 5.32 Å². The summed E-state index contributed by atoms with van der Waals surface area (Å²) in [6, 6.07) is 5.76. The summed E-state index contributed by atoms with van der Waals surface area (Å²) < 4.78 is 0. The van der Waals surface area contributed by atoms with Crippen LogP contribution in [0.2, 0.25) is 0 Å². The fourth-order valence-electron chi connectivity index (χ4n) is 1.38. The molecule has 0 unspecified atom stereocenters. The van der Waals surface area contributed by atoms with Crippen molar-refractivity contribution in [3.8, 4) is 11.4 Å². The van der Waals surface area contributed by atoms with E-state index in [-0.39, 0.29) is 0 Å². The van der Waals surface area contributed by atoms with E-state index in [0.29, 0.717) is 0 Å². The van der Waals surface area contributed by atoms with Crippen LogP contribution in [0, 0.1) is 0 Å². The molecule has 0 fully saturated rings. The summed E-state index contributed by atoms with van der Waals surface area (Å²) in [7, 11) is 0. The predicted molar refractivity (Wildman–Crippen MR) is 62.6 cm³/mol. The third-order valence-electron chi connectivity index (χ3n) is 2.19. The second-order valence-corrected chi connectivity index (χ2v) is 3.39. The van der Waals surface area contributed by atoms with Gasteiger partial charge in [-0.2, -0.15) is 0 Å². The minimum absolute atomic E-state index is 0.725. The van der Waals surface area contributed by atoms with E-state index in [1.165, 1.54) is 0 Å². The van der Waals surface area contributed by atoms with E-state index in [1.54, 1.807) is 18.6 Å². The van der Waals surface area contributed by atoms with Gasteiger partial charge in [0.25, 0.3) is 0 Å². The third-order valence-corrected chi connectivity index (χ3v) is 2.19. The van der Waals surface area contributed by atoms with Crippen molar-refractivity contribution < 1.29 is 0 Å². The number of pyridine rings is 1. The molecule has 2 heterocycles. The molecule has 2 aromatic heterocycles. The Balaban J connectivity index is 2.22. The number of hydrogen-bond acceptors (Lipinski definition) is 4. The molecule has 16 heavy (non-hydrogen) atoms. The largest absolute Gasteiger partial charge is 0.311 e. The van der Waals surface area contributed by atoms with Crippen LogP contribution >= 0.6 is 0 Å². The SMILES string of the molecule is CCNCc1ccnc(-c2cccnc2)n1. The molecule has 0 bridgehead atoms. The first kappa shape index (κ1) is 10.7. The zero-order valence-corrected chi connectivity index (χ0v) is 9.22. The van der Waals surface area contributed by atoms with Crippen LogP contribution in [0.15, 0.2) is 36.8 Å². The van der Waals surface area contributed by atoms with Crippen LogP contribution in [0.5, 0.6) is 0 Å². The van der Waals surface area contributed by atoms with Crippen molar-refractivity contribution in [2.45, 2.75) is 13.5 Å². The van der Waals surface area contributed by atoms with Gasteiger partial charge in [-0.05, 0) is 24.7 Å². The van der Waals surface area contributed by atoms with Crippen molar-refractivity contribution in [3.05, 3.63) is 42.5 Å². The lowest BCUT2D eigenvalue weighted by Crippen LogP contribution is -2.13. The van der Waals surface area contributed by atoms with Crippen LogP contribution in [0.3, 0.4) is 0 Å². The van der Waals surface area contributed by atoms with E-state index in [4.69, 9.17) is 0 Å². The van der Waals surface area contributed by atoms with Gasteiger partial charge in [0, 0.05) is 30.7 Å². The van der Waals surface area contributed by atoms with Gasteiger partial charge in [0.2, 0.25) is 0 Å². The van der Waals surface area contributed by atoms with Crippen LogP contribution < -0.4 is 5.32 Å². The van der Waals surface area contributed by atoms with Gasteiger partial charge in [0.05, 0.1) is 5.69 Å². The lowest BCUT2D eigenvalue weighted by Gasteiger charge is -2.03. The Morgan fingerprint density at radius 3 is 2.94 bits per heavy atom. The van der Waals surface area contributed by atoms with Gasteiger partial charge in [-0.1, -0.05) is 6.92 Å². The molecule has 1 N–H and O–H groups in total. The topological polar surface area (TPSA) is 50.7 Å². The number of nitrogens with one attached hydrogen (secondary N) is 1. The summed E-state index contributed by atoms with van der Waals surface area (Å²) in [4.78, 5) is 12.8. The number of nitrogens with zero attached hydrogens (tertiary/aromatic N) is 3. The second-order valence-electron chi connectivity index (χ2n) is 3.39. The quantitative estimate of drug-likeness (QED) is 0.840. The Bertz CT molecular complexity index is 442. The van der Waals surface area contributed by atoms with Crippen LogP contribution in [0.25, 0.3) is 11.4 Å². The molecule has 0 aliphatic heterocycles. The molecule has 2 rings (SSSR count). The minimum atomic E-state index is 0.725. The number of hydrogen-bond donors (Lipinski definition) is 1. The monoisotopic (exact) mass is 214 g/mol. The summed E-state index contributed by atoms with van der Waals surface area (Å²) in [6.07, 6.45) is 5.29. The Morgan fingerprint density at radius 1 is 1.25 bits per heavy atom. The highest BCUT2D eigenvalue weighted by atomic mass is 14.9. The zero-order valence-electron chi connectivity index (χ0n) is 9.22. The molecular formula is C12H14N4. The lowest BCUT2D eigenvalue weighted by molar-refractivity contribution is 0.709. The van der Waals surface area contributed by atoms with Crippen molar-refractivity contribution in [2.24, 2.45) is 0 Å². The molecular weight excluding hydrogens is 200 g/mol. The summed E-state index contributed by atoms with van der Waals surface area (Å²) in [5.74, 6) is 0.725. The molecule has 0 aliphatic carbocycles. The van der Waals surface area contributed by atoms with Crippen LogP contribution in [-0.4, -0.2) is 21.5 Å². The van der Waals surface area contributed by atoms with E-state index in [0.717, 1.165) is 30.2 Å². The lowest BCUT2D eigenvalue weighted by atomic mass is 10.2. The summed E-state index contributed by atoms with van der Waals surface area (Å²) in [5.41, 5.74) is 1.94. The maximum atomic E-state index is 4.47. The van der Waals surface area contributed by atoms with E-state index in [9.17, 15) is 0 Å². The van der Waals surface area contributed by atoms with Gasteiger partial charge >= 0.3 is 0 Å². The van der Waals surface area contributed by atoms with E-state index < -0.39 is 0 Å². The van der Waals surface area contributed by atoms with Gasteiger partial charge in [-0.25, -0.2) is 9.97 Å². The Hall–Kier alpha value is -1.81. The predicted octanol–water partition coefficient (Wildman–Crippen LogP) is 1.65. The zero-order chi connectivity index (χ0) is 11.2. The number of rotatable bonds is 4. The Kier molecular flexibility index (Phi) is 3.56. The standard InChI is InChI=1S/C12H14N4/c1-2-13-9-11-5-7-15-12(16-11)10-4-3-6-14-8-10/h3-8,13H,2,9H2,1H3. The fourth-order valence-corrected chi connectivity index (χ4v) is 1.38. The molecule has 0 radical (unpaired) electrons. The summed E-state index contributed by atoms with van der Waals surface area (Å²) in [5, 5.41) is 3.24. The molecule has 82 valence electrons. The highest BCUT2D eigenvalue weighted by Crippen LogP contribution is 2.12. The molecule has 2 aromatic rings. The van der Waals surface area contributed by atoms with E-state index in [2.05, 4.69) is 27.2 Å². The van der Waals surface area contributed by atoms with Gasteiger partial charge in [-0.15, -0.1) is 0 Å². The normalized spacial score (nSPS) is 10.3. The van der Waals surface area contributed by atoms with Gasteiger partial charge in [0.15, 0.2) is 5.82 Å². The number of aromatic nitrogens is 3. The van der Waals surface area contributed by atoms with Crippen LogP contribution in [-0.2, 0) is 6.54 Å². The van der Waals surface area contributed by atoms with Crippen molar-refractivity contribution in [1.29, 1.82) is 0 Å². The summed E-state index contributed by atoms with van der Waals surface area (Å²) in [6.45, 7) is 3.78. The molecule has 0 aliphatic rings. The maximum absolute atomic E-state index is 4.47. The van der Waals surface area contributed by atoms with Crippen molar-refractivity contribution >= 4 is 0 Å². The molecule has 0 saturated heterocycles. The molecule has 0 amide bonds. The Morgan fingerprint density at radius 2 is 2.19 bits per heavy atom. The molecule has 0 saturated carbocycles. The molecule has 0 atom stereocenters. The first-order valence-electron chi connectivity index (χ1n) is 5.33. The van der Waals surface area contributed by atoms with Crippen molar-refractivity contribution in [1.82, 2.24) is 20.3 Å². The molecule has 4 nitrogen and oxygen atoms in total. The van der Waals surface area contributed by atoms with E-state index >= 15 is 0 Å². The van der Waals surface area contributed by atoms with Crippen molar-refractivity contribution in [2.75, 3.05) is 6.54 Å².